The van der Waals surface area contributed by atoms with E-state index in [0.717, 1.165) is 17.1 Å². The van der Waals surface area contributed by atoms with Gasteiger partial charge in [0.1, 0.15) is 0 Å². The molecule has 328 valence electrons. The molecule has 1 aliphatic heterocycles. The summed E-state index contributed by atoms with van der Waals surface area (Å²) in [6, 6.07) is 86.8. The van der Waals surface area contributed by atoms with E-state index in [-0.39, 0.29) is 10.8 Å². The summed E-state index contributed by atoms with van der Waals surface area (Å²) in [5, 5.41) is 0. The van der Waals surface area contributed by atoms with Gasteiger partial charge in [-0.1, -0.05) is 204 Å². The van der Waals surface area contributed by atoms with Crippen molar-refractivity contribution in [3.63, 3.8) is 0 Å². The molecule has 1 heterocycles. The van der Waals surface area contributed by atoms with Crippen molar-refractivity contribution in [3.05, 3.63) is 275 Å². The van der Waals surface area contributed by atoms with Crippen molar-refractivity contribution in [1.29, 1.82) is 0 Å². The normalized spacial score (nSPS) is 15.3. The van der Waals surface area contributed by atoms with E-state index in [9.17, 15) is 0 Å². The predicted octanol–water partition coefficient (Wildman–Crippen LogP) is 17.6. The van der Waals surface area contributed by atoms with Gasteiger partial charge in [-0.25, -0.2) is 0 Å². The number of rotatable bonds is 5. The summed E-state index contributed by atoms with van der Waals surface area (Å²) in [7, 11) is 0. The highest BCUT2D eigenvalue weighted by Gasteiger charge is 2.52. The van der Waals surface area contributed by atoms with Gasteiger partial charge in [-0.3, -0.25) is 0 Å². The summed E-state index contributed by atoms with van der Waals surface area (Å²) in [5.74, 6) is 0. The van der Waals surface area contributed by atoms with Crippen LogP contribution < -0.4 is 9.80 Å². The van der Waals surface area contributed by atoms with Crippen LogP contribution in [0.25, 0.3) is 44.5 Å². The molecule has 0 saturated heterocycles. The smallest absolute Gasteiger partial charge is 0.0754 e. The maximum absolute atomic E-state index is 2.58. The summed E-state index contributed by atoms with van der Waals surface area (Å²) in [4.78, 5) is 5.04. The molecule has 0 aromatic heterocycles. The molecule has 0 unspecified atom stereocenters. The van der Waals surface area contributed by atoms with Crippen LogP contribution in [0.3, 0.4) is 0 Å². The largest absolute Gasteiger partial charge is 0.310 e. The van der Waals surface area contributed by atoms with Crippen LogP contribution in [-0.2, 0) is 16.2 Å². The second kappa shape index (κ2) is 14.4. The lowest BCUT2D eigenvalue weighted by Crippen LogP contribution is -2.36. The lowest BCUT2D eigenvalue weighted by molar-refractivity contribution is 0.660. The van der Waals surface area contributed by atoms with Gasteiger partial charge in [-0.05, 0) is 132 Å². The fourth-order valence-electron chi connectivity index (χ4n) is 13.2. The third-order valence-corrected chi connectivity index (χ3v) is 16.3. The van der Waals surface area contributed by atoms with Crippen LogP contribution in [0.1, 0.15) is 72.2 Å². The molecule has 2 heteroatoms. The minimum atomic E-state index is -0.564. The maximum Gasteiger partial charge on any atom is 0.0754 e. The molecule has 0 fully saturated rings. The molecule has 2 nitrogen and oxygen atoms in total. The molecule has 0 radical (unpaired) electrons. The summed E-state index contributed by atoms with van der Waals surface area (Å²) in [6.07, 6.45) is 0. The van der Waals surface area contributed by atoms with Gasteiger partial charge in [-0.2, -0.15) is 0 Å². The van der Waals surface area contributed by atoms with E-state index in [1.807, 2.05) is 0 Å². The first-order chi connectivity index (χ1) is 33.8. The van der Waals surface area contributed by atoms with Crippen LogP contribution in [0.5, 0.6) is 0 Å². The Bertz CT molecular complexity index is 3710. The van der Waals surface area contributed by atoms with E-state index in [1.165, 1.54) is 106 Å². The molecule has 10 aromatic rings. The fraction of sp³-hybridized carbons (Fsp3) is 0.104. The van der Waals surface area contributed by atoms with Gasteiger partial charge >= 0.3 is 0 Å². The first-order valence-corrected chi connectivity index (χ1v) is 24.4. The average molecular weight is 883 g/mol. The van der Waals surface area contributed by atoms with Crippen LogP contribution in [0.15, 0.2) is 231 Å². The molecule has 14 rings (SSSR count). The highest BCUT2D eigenvalue weighted by Crippen LogP contribution is 2.64. The summed E-state index contributed by atoms with van der Waals surface area (Å²) < 4.78 is 0. The molecule has 0 saturated carbocycles. The Balaban J connectivity index is 1.03. The summed E-state index contributed by atoms with van der Waals surface area (Å²) in [6.45, 7) is 9.54. The zero-order valence-corrected chi connectivity index (χ0v) is 39.3. The Labute approximate surface area is 405 Å². The van der Waals surface area contributed by atoms with Crippen molar-refractivity contribution in [2.45, 2.75) is 43.9 Å². The second-order valence-corrected chi connectivity index (χ2v) is 20.4. The van der Waals surface area contributed by atoms with Crippen LogP contribution in [0.4, 0.5) is 34.1 Å². The topological polar surface area (TPSA) is 6.48 Å². The van der Waals surface area contributed by atoms with Crippen LogP contribution >= 0.6 is 0 Å². The van der Waals surface area contributed by atoms with E-state index in [1.54, 1.807) is 0 Å². The summed E-state index contributed by atoms with van der Waals surface area (Å²) >= 11 is 0. The molecule has 69 heavy (non-hydrogen) atoms. The van der Waals surface area contributed by atoms with Gasteiger partial charge in [0.05, 0.1) is 28.2 Å². The first-order valence-electron chi connectivity index (χ1n) is 24.4. The highest BCUT2D eigenvalue weighted by atomic mass is 15.2. The average Bonchev–Trinajstić information content (AvgIpc) is 3.92. The van der Waals surface area contributed by atoms with Gasteiger partial charge in [0.2, 0.25) is 0 Å². The molecular formula is C67H50N2. The van der Waals surface area contributed by atoms with Crippen molar-refractivity contribution in [2.75, 3.05) is 9.80 Å². The number of fused-ring (bicyclic) bond motifs is 15. The standard InChI is InChI=1S/C67H50N2/c1-65(2)53-28-13-10-26-51(53)64-57(65)32-20-36-63(64)69(45-38-40-49-47-24-8-12-27-52(47)66(3,4)58(49)42-45)60-33-17-11-23-46(60)43-37-39-50-48-25-9-14-29-54(48)67(59(50)41-43)55-30-15-18-34-61(55)68(44-21-6-5-7-22-44)62-35-19-16-31-56(62)67/h5-42H,1-4H3. The Kier molecular flexibility index (Phi) is 8.33. The molecule has 0 N–H and O–H groups in total. The Hall–Kier alpha value is -8.20. The van der Waals surface area contributed by atoms with Gasteiger partial charge in [0, 0.05) is 33.3 Å². The number of hydrogen-bond donors (Lipinski definition) is 0. The Morgan fingerprint density at radius 1 is 0.319 bits per heavy atom. The van der Waals surface area contributed by atoms with Gasteiger partial charge in [0.25, 0.3) is 0 Å². The molecule has 1 spiro atoms. The third-order valence-electron chi connectivity index (χ3n) is 16.3. The Morgan fingerprint density at radius 2 is 0.797 bits per heavy atom. The summed E-state index contributed by atoms with van der Waals surface area (Å²) in [5.41, 5.74) is 27.0. The molecule has 0 bridgehead atoms. The van der Waals surface area contributed by atoms with Crippen molar-refractivity contribution < 1.29 is 0 Å². The SMILES string of the molecule is CC1(C)c2ccccc2-c2ccc(N(c3ccccc3-c3ccc4c(c3)C3(c5ccccc5-4)c4ccccc4N(c4ccccc4)c4ccccc43)c3cccc4c3-c3ccccc3C4(C)C)cc21. The number of benzene rings is 10. The quantitative estimate of drug-likeness (QED) is 0.170. The van der Waals surface area contributed by atoms with E-state index in [4.69, 9.17) is 0 Å². The van der Waals surface area contributed by atoms with Crippen LogP contribution in [0.2, 0.25) is 0 Å². The number of para-hydroxylation sites is 4. The molecule has 0 atom stereocenters. The molecule has 0 amide bonds. The minimum Gasteiger partial charge on any atom is -0.310 e. The zero-order valence-electron chi connectivity index (χ0n) is 39.3. The zero-order chi connectivity index (χ0) is 46.2. The van der Waals surface area contributed by atoms with E-state index in [0.29, 0.717) is 0 Å². The fourth-order valence-corrected chi connectivity index (χ4v) is 13.2. The highest BCUT2D eigenvalue weighted by molar-refractivity contribution is 6.01. The van der Waals surface area contributed by atoms with Gasteiger partial charge in [-0.15, -0.1) is 0 Å². The number of nitrogens with zero attached hydrogens (tertiary/aromatic N) is 2. The lowest BCUT2D eigenvalue weighted by atomic mass is 9.64. The molecule has 4 aliphatic rings. The van der Waals surface area contributed by atoms with E-state index < -0.39 is 5.41 Å². The molecular weight excluding hydrogens is 833 g/mol. The maximum atomic E-state index is 2.58. The predicted molar refractivity (Wildman–Crippen MR) is 287 cm³/mol. The van der Waals surface area contributed by atoms with Crippen molar-refractivity contribution in [1.82, 2.24) is 0 Å². The second-order valence-electron chi connectivity index (χ2n) is 20.4. The van der Waals surface area contributed by atoms with Gasteiger partial charge in [0.15, 0.2) is 0 Å². The number of anilines is 6. The monoisotopic (exact) mass is 882 g/mol. The molecule has 3 aliphatic carbocycles. The van der Waals surface area contributed by atoms with Crippen molar-refractivity contribution in [3.8, 4) is 44.5 Å². The van der Waals surface area contributed by atoms with Gasteiger partial charge < -0.3 is 9.80 Å². The first kappa shape index (κ1) is 39.9. The molecule has 10 aromatic carbocycles. The van der Waals surface area contributed by atoms with Crippen LogP contribution in [0, 0.1) is 0 Å². The lowest BCUT2D eigenvalue weighted by Gasteiger charge is -2.45. The number of hydrogen-bond acceptors (Lipinski definition) is 2. The van der Waals surface area contributed by atoms with E-state index >= 15 is 0 Å². The Morgan fingerprint density at radius 3 is 1.51 bits per heavy atom. The van der Waals surface area contributed by atoms with Crippen LogP contribution in [-0.4, -0.2) is 0 Å². The van der Waals surface area contributed by atoms with Crippen molar-refractivity contribution >= 4 is 34.1 Å². The third kappa shape index (κ3) is 5.32. The minimum absolute atomic E-state index is 0.152. The van der Waals surface area contributed by atoms with E-state index in [2.05, 4.69) is 268 Å². The van der Waals surface area contributed by atoms with Crippen molar-refractivity contribution in [2.24, 2.45) is 0 Å².